The smallest absolute Gasteiger partial charge is 0.345 e. The first-order chi connectivity index (χ1) is 5.70. The second-order valence-electron chi connectivity index (χ2n) is 2.25. The highest BCUT2D eigenvalue weighted by Crippen LogP contribution is 2.00. The summed E-state index contributed by atoms with van der Waals surface area (Å²) in [5.41, 5.74) is 0.382. The van der Waals surface area contributed by atoms with Crippen LogP contribution in [0.2, 0.25) is 0 Å². The molecule has 0 aromatic heterocycles. The highest BCUT2D eigenvalue weighted by Gasteiger charge is 2.07. The van der Waals surface area contributed by atoms with Crippen LogP contribution >= 0.6 is 0 Å². The maximum absolute atomic E-state index is 11.0. The van der Waals surface area contributed by atoms with Gasteiger partial charge in [0.15, 0.2) is 0 Å². The molecule has 0 radical (unpaired) electrons. The molecule has 0 atom stereocenters. The van der Waals surface area contributed by atoms with E-state index >= 15 is 0 Å². The maximum atomic E-state index is 11.0. The zero-order valence-corrected chi connectivity index (χ0v) is 6.61. The molecule has 0 spiro atoms. The first kappa shape index (κ1) is 12.1. The number of hydrogen-bond donors (Lipinski definition) is 0. The Morgan fingerprint density at radius 1 is 1.15 bits per heavy atom. The van der Waals surface area contributed by atoms with Crippen LogP contribution in [0, 0.1) is 0 Å². The molecule has 0 fully saturated rings. The average molecular weight is 190 g/mol. The van der Waals surface area contributed by atoms with Gasteiger partial charge in [-0.1, -0.05) is 18.2 Å². The van der Waals surface area contributed by atoms with Crippen LogP contribution in [0.15, 0.2) is 30.3 Å². The van der Waals surface area contributed by atoms with Gasteiger partial charge in [0, 0.05) is 6.92 Å². The van der Waals surface area contributed by atoms with Gasteiger partial charge in [0.1, 0.15) is 0 Å². The lowest BCUT2D eigenvalue weighted by molar-refractivity contribution is -0.135. The Morgan fingerprint density at radius 2 is 1.69 bits per heavy atom. The number of hydrogen-bond acceptors (Lipinski definition) is 3. The summed E-state index contributed by atoms with van der Waals surface area (Å²) in [5, 5.41) is 0. The molecule has 0 unspecified atom stereocenters. The number of benzene rings is 1. The third-order valence-electron chi connectivity index (χ3n) is 1.25. The Balaban J connectivity index is 0.00000144. The lowest BCUT2D eigenvalue weighted by atomic mass is 10.2. The van der Waals surface area contributed by atoms with Crippen LogP contribution in [0.5, 0.6) is 0 Å². The van der Waals surface area contributed by atoms with Crippen molar-refractivity contribution >= 4 is 35.0 Å². The molecule has 0 N–H and O–H groups in total. The van der Waals surface area contributed by atoms with Crippen molar-refractivity contribution in [1.29, 1.82) is 0 Å². The fourth-order valence-corrected chi connectivity index (χ4v) is 0.764. The van der Waals surface area contributed by atoms with Crippen LogP contribution < -0.4 is 0 Å². The Hall–Kier alpha value is -0.874. The van der Waals surface area contributed by atoms with Gasteiger partial charge in [-0.2, -0.15) is 0 Å². The van der Waals surface area contributed by atoms with E-state index in [1.807, 2.05) is 0 Å². The average Bonchev–Trinajstić information content (AvgIpc) is 2.05. The zero-order chi connectivity index (χ0) is 8.97. The number of carbonyl (C=O) groups is 2. The molecule has 13 heavy (non-hydrogen) atoms. The minimum absolute atomic E-state index is 0. The monoisotopic (exact) mass is 190 g/mol. The van der Waals surface area contributed by atoms with E-state index in [1.54, 1.807) is 30.3 Å². The summed E-state index contributed by atoms with van der Waals surface area (Å²) in [6.07, 6.45) is 0. The molecule has 3 nitrogen and oxygen atoms in total. The third kappa shape index (κ3) is 4.05. The first-order valence-electron chi connectivity index (χ1n) is 3.48. The molecule has 0 heterocycles. The fraction of sp³-hybridized carbons (Fsp3) is 0.111. The molecule has 1 aromatic rings. The van der Waals surface area contributed by atoms with Crippen LogP contribution in [0.3, 0.4) is 0 Å². The van der Waals surface area contributed by atoms with E-state index in [2.05, 4.69) is 4.74 Å². The molecule has 0 aliphatic rings. The SMILES string of the molecule is CC(=O)OC(=O)c1ccccc1.[MgH2]. The lowest BCUT2D eigenvalue weighted by Crippen LogP contribution is -2.08. The van der Waals surface area contributed by atoms with Crippen molar-refractivity contribution in [2.75, 3.05) is 0 Å². The molecule has 0 amide bonds. The molecule has 0 aliphatic heterocycles. The zero-order valence-electron chi connectivity index (χ0n) is 6.61. The Morgan fingerprint density at radius 3 is 2.15 bits per heavy atom. The van der Waals surface area contributed by atoms with Gasteiger partial charge in [-0.3, -0.25) is 4.79 Å². The van der Waals surface area contributed by atoms with E-state index in [0.29, 0.717) is 5.56 Å². The van der Waals surface area contributed by atoms with Crippen molar-refractivity contribution in [3.05, 3.63) is 35.9 Å². The summed E-state index contributed by atoms with van der Waals surface area (Å²) >= 11 is 0. The van der Waals surface area contributed by atoms with Gasteiger partial charge in [-0.15, -0.1) is 0 Å². The molecule has 0 aliphatic carbocycles. The summed E-state index contributed by atoms with van der Waals surface area (Å²) < 4.78 is 4.36. The Kier molecular flexibility index (Phi) is 5.33. The quantitative estimate of drug-likeness (QED) is 0.367. The van der Waals surface area contributed by atoms with Gasteiger partial charge in [0.25, 0.3) is 0 Å². The highest BCUT2D eigenvalue weighted by molar-refractivity contribution is 5.96. The largest absolute Gasteiger partial charge is 0.390 e. The Labute approximate surface area is 92.2 Å². The van der Waals surface area contributed by atoms with Gasteiger partial charge in [-0.05, 0) is 12.1 Å². The van der Waals surface area contributed by atoms with Gasteiger partial charge < -0.3 is 4.74 Å². The van der Waals surface area contributed by atoms with E-state index in [1.165, 1.54) is 6.92 Å². The second kappa shape index (κ2) is 5.72. The van der Waals surface area contributed by atoms with Crippen LogP contribution in [0.1, 0.15) is 17.3 Å². The normalized spacial score (nSPS) is 8.38. The van der Waals surface area contributed by atoms with Gasteiger partial charge >= 0.3 is 35.0 Å². The molecular weight excluding hydrogens is 180 g/mol. The van der Waals surface area contributed by atoms with Crippen molar-refractivity contribution in [1.82, 2.24) is 0 Å². The topological polar surface area (TPSA) is 43.4 Å². The van der Waals surface area contributed by atoms with E-state index < -0.39 is 11.9 Å². The molecule has 0 saturated carbocycles. The van der Waals surface area contributed by atoms with Crippen molar-refractivity contribution in [3.8, 4) is 0 Å². The standard InChI is InChI=1S/C9H8O3.Mg.2H/c1-7(10)12-9(11)8-5-3-2-4-6-8;;;/h2-6H,1H3;;;. The summed E-state index contributed by atoms with van der Waals surface area (Å²) in [6.45, 7) is 1.20. The van der Waals surface area contributed by atoms with E-state index in [9.17, 15) is 9.59 Å². The number of rotatable bonds is 1. The summed E-state index contributed by atoms with van der Waals surface area (Å²) in [5.74, 6) is -1.20. The van der Waals surface area contributed by atoms with Crippen LogP contribution in [-0.4, -0.2) is 35.0 Å². The minimum atomic E-state index is -0.608. The van der Waals surface area contributed by atoms with Crippen LogP contribution in [0.4, 0.5) is 0 Å². The van der Waals surface area contributed by atoms with Gasteiger partial charge in [0.2, 0.25) is 0 Å². The van der Waals surface area contributed by atoms with Crippen molar-refractivity contribution in [2.24, 2.45) is 0 Å². The first-order valence-corrected chi connectivity index (χ1v) is 3.48. The molecule has 66 valence electrons. The predicted octanol–water partition coefficient (Wildman–Crippen LogP) is 0.474. The molecule has 0 saturated heterocycles. The minimum Gasteiger partial charge on any atom is -0.390 e. The Bertz CT molecular complexity index is 295. The van der Waals surface area contributed by atoms with Crippen LogP contribution in [0.25, 0.3) is 0 Å². The third-order valence-corrected chi connectivity index (χ3v) is 1.25. The molecule has 1 aromatic carbocycles. The van der Waals surface area contributed by atoms with Crippen molar-refractivity contribution in [3.63, 3.8) is 0 Å². The van der Waals surface area contributed by atoms with E-state index in [4.69, 9.17) is 0 Å². The lowest BCUT2D eigenvalue weighted by Gasteiger charge is -1.97. The number of carbonyl (C=O) groups excluding carboxylic acids is 2. The molecule has 0 bridgehead atoms. The summed E-state index contributed by atoms with van der Waals surface area (Å²) in [4.78, 5) is 21.4. The van der Waals surface area contributed by atoms with E-state index in [0.717, 1.165) is 0 Å². The summed E-state index contributed by atoms with van der Waals surface area (Å²) in [7, 11) is 0. The van der Waals surface area contributed by atoms with E-state index in [-0.39, 0.29) is 23.1 Å². The summed E-state index contributed by atoms with van der Waals surface area (Å²) in [6, 6.07) is 8.37. The maximum Gasteiger partial charge on any atom is 0.345 e. The molecule has 4 heteroatoms. The van der Waals surface area contributed by atoms with Crippen LogP contribution in [-0.2, 0) is 9.53 Å². The van der Waals surface area contributed by atoms with Gasteiger partial charge in [0.05, 0.1) is 5.56 Å². The van der Waals surface area contributed by atoms with Crippen molar-refractivity contribution in [2.45, 2.75) is 6.92 Å². The molecule has 1 rings (SSSR count). The fourth-order valence-electron chi connectivity index (χ4n) is 0.764. The number of ether oxygens (including phenoxy) is 1. The molecular formula is C9H10MgO3. The number of esters is 2. The predicted molar refractivity (Wildman–Crippen MR) is 51.1 cm³/mol. The second-order valence-corrected chi connectivity index (χ2v) is 2.25. The van der Waals surface area contributed by atoms with Crippen molar-refractivity contribution < 1.29 is 14.3 Å². The van der Waals surface area contributed by atoms with Gasteiger partial charge in [-0.25, -0.2) is 4.79 Å². The highest BCUT2D eigenvalue weighted by atomic mass is 24.3.